The van der Waals surface area contributed by atoms with E-state index in [-0.39, 0.29) is 12.0 Å². The van der Waals surface area contributed by atoms with Crippen LogP contribution < -0.4 is 11.1 Å². The predicted octanol–water partition coefficient (Wildman–Crippen LogP) is 2.67. The van der Waals surface area contributed by atoms with E-state index in [4.69, 9.17) is 15.2 Å². The molecule has 1 atom stereocenters. The molecular formula is C15H24N2O3. The Morgan fingerprint density at radius 2 is 2.15 bits per heavy atom. The maximum Gasteiger partial charge on any atom is 0.340 e. The number of ether oxygens (including phenoxy) is 2. The first-order valence-corrected chi connectivity index (χ1v) is 6.95. The van der Waals surface area contributed by atoms with Crippen LogP contribution in [0.1, 0.15) is 37.0 Å². The standard InChI is InChI=1S/C15H24N2O3/c1-4-7-11(10-19-3)17-14-12(15(18)20-5-2)8-6-9-13(14)16/h6,8-9,11,17H,4-5,7,10,16H2,1-3H3. The zero-order valence-corrected chi connectivity index (χ0v) is 12.4. The normalized spacial score (nSPS) is 11.9. The number of esters is 1. The lowest BCUT2D eigenvalue weighted by Crippen LogP contribution is -2.26. The fourth-order valence-electron chi connectivity index (χ4n) is 2.06. The summed E-state index contributed by atoms with van der Waals surface area (Å²) in [7, 11) is 1.66. The lowest BCUT2D eigenvalue weighted by Gasteiger charge is -2.21. The zero-order valence-electron chi connectivity index (χ0n) is 12.4. The second kappa shape index (κ2) is 8.43. The van der Waals surface area contributed by atoms with E-state index in [0.717, 1.165) is 12.8 Å². The summed E-state index contributed by atoms with van der Waals surface area (Å²) in [5.74, 6) is -0.366. The van der Waals surface area contributed by atoms with Gasteiger partial charge in [0.1, 0.15) is 0 Å². The highest BCUT2D eigenvalue weighted by atomic mass is 16.5. The monoisotopic (exact) mass is 280 g/mol. The summed E-state index contributed by atoms with van der Waals surface area (Å²) >= 11 is 0. The minimum atomic E-state index is -0.366. The quantitative estimate of drug-likeness (QED) is 0.565. The summed E-state index contributed by atoms with van der Waals surface area (Å²) in [6.07, 6.45) is 1.95. The lowest BCUT2D eigenvalue weighted by molar-refractivity contribution is 0.0527. The van der Waals surface area contributed by atoms with Crippen molar-refractivity contribution in [2.75, 3.05) is 31.4 Å². The van der Waals surface area contributed by atoms with E-state index in [9.17, 15) is 4.79 Å². The number of anilines is 2. The maximum atomic E-state index is 12.0. The van der Waals surface area contributed by atoms with E-state index in [2.05, 4.69) is 12.2 Å². The predicted molar refractivity (Wildman–Crippen MR) is 81.0 cm³/mol. The second-order valence-corrected chi connectivity index (χ2v) is 4.58. The highest BCUT2D eigenvalue weighted by Gasteiger charge is 2.17. The van der Waals surface area contributed by atoms with Gasteiger partial charge < -0.3 is 20.5 Å². The number of nitrogens with two attached hydrogens (primary N) is 1. The minimum absolute atomic E-state index is 0.114. The minimum Gasteiger partial charge on any atom is -0.462 e. The molecule has 20 heavy (non-hydrogen) atoms. The van der Waals surface area contributed by atoms with Gasteiger partial charge >= 0.3 is 5.97 Å². The Labute approximate surface area is 120 Å². The molecule has 0 heterocycles. The van der Waals surface area contributed by atoms with Gasteiger partial charge in [-0.15, -0.1) is 0 Å². The van der Waals surface area contributed by atoms with Crippen molar-refractivity contribution < 1.29 is 14.3 Å². The smallest absolute Gasteiger partial charge is 0.340 e. The average Bonchev–Trinajstić information content (AvgIpc) is 2.41. The van der Waals surface area contributed by atoms with Gasteiger partial charge in [0.25, 0.3) is 0 Å². The molecule has 5 heteroatoms. The molecule has 0 aromatic heterocycles. The molecule has 5 nitrogen and oxygen atoms in total. The number of nitrogens with one attached hydrogen (secondary N) is 1. The van der Waals surface area contributed by atoms with Gasteiger partial charge in [0, 0.05) is 13.2 Å². The molecule has 0 fully saturated rings. The second-order valence-electron chi connectivity index (χ2n) is 4.58. The first-order chi connectivity index (χ1) is 9.63. The highest BCUT2D eigenvalue weighted by Crippen LogP contribution is 2.26. The van der Waals surface area contributed by atoms with Gasteiger partial charge in [-0.3, -0.25) is 0 Å². The van der Waals surface area contributed by atoms with Crippen LogP contribution in [0.2, 0.25) is 0 Å². The van der Waals surface area contributed by atoms with Crippen LogP contribution in [-0.2, 0) is 9.47 Å². The zero-order chi connectivity index (χ0) is 15.0. The molecule has 1 aromatic rings. The topological polar surface area (TPSA) is 73.6 Å². The van der Waals surface area contributed by atoms with E-state index < -0.39 is 0 Å². The average molecular weight is 280 g/mol. The van der Waals surface area contributed by atoms with Crippen molar-refractivity contribution in [1.29, 1.82) is 0 Å². The summed E-state index contributed by atoms with van der Waals surface area (Å²) in [6.45, 7) is 4.78. The van der Waals surface area contributed by atoms with E-state index in [1.54, 1.807) is 32.2 Å². The Balaban J connectivity index is 2.99. The molecule has 0 radical (unpaired) electrons. The van der Waals surface area contributed by atoms with Crippen LogP contribution >= 0.6 is 0 Å². The van der Waals surface area contributed by atoms with Gasteiger partial charge in [0.05, 0.1) is 30.2 Å². The van der Waals surface area contributed by atoms with E-state index in [1.807, 2.05) is 0 Å². The van der Waals surface area contributed by atoms with Crippen LogP contribution in [0.15, 0.2) is 18.2 Å². The molecule has 0 amide bonds. The third-order valence-corrected chi connectivity index (χ3v) is 2.95. The Bertz CT molecular complexity index is 429. The fourth-order valence-corrected chi connectivity index (χ4v) is 2.06. The van der Waals surface area contributed by atoms with Crippen LogP contribution in [0.4, 0.5) is 11.4 Å². The number of benzene rings is 1. The highest BCUT2D eigenvalue weighted by molar-refractivity contribution is 5.98. The van der Waals surface area contributed by atoms with Crippen molar-refractivity contribution in [2.24, 2.45) is 0 Å². The molecule has 0 bridgehead atoms. The third kappa shape index (κ3) is 4.42. The van der Waals surface area contributed by atoms with Crippen LogP contribution in [0, 0.1) is 0 Å². The molecule has 0 spiro atoms. The van der Waals surface area contributed by atoms with Crippen molar-refractivity contribution in [3.63, 3.8) is 0 Å². The molecular weight excluding hydrogens is 256 g/mol. The maximum absolute atomic E-state index is 12.0. The first kappa shape index (κ1) is 16.3. The molecule has 1 unspecified atom stereocenters. The number of carbonyl (C=O) groups is 1. The molecule has 1 rings (SSSR count). The van der Waals surface area contributed by atoms with E-state index in [1.165, 1.54) is 0 Å². The van der Waals surface area contributed by atoms with Crippen LogP contribution in [0.5, 0.6) is 0 Å². The SMILES string of the molecule is CCCC(COC)Nc1c(N)cccc1C(=O)OCC. The summed E-state index contributed by atoms with van der Waals surface area (Å²) in [4.78, 5) is 12.0. The fraction of sp³-hybridized carbons (Fsp3) is 0.533. The number of carbonyl (C=O) groups excluding carboxylic acids is 1. The number of rotatable bonds is 8. The number of methoxy groups -OCH3 is 1. The molecule has 112 valence electrons. The first-order valence-electron chi connectivity index (χ1n) is 6.95. The van der Waals surface area contributed by atoms with Gasteiger partial charge in [0.15, 0.2) is 0 Å². The Morgan fingerprint density at radius 1 is 1.40 bits per heavy atom. The largest absolute Gasteiger partial charge is 0.462 e. The van der Waals surface area contributed by atoms with Crippen LogP contribution in [0.3, 0.4) is 0 Å². The molecule has 0 aliphatic carbocycles. The Morgan fingerprint density at radius 3 is 2.75 bits per heavy atom. The molecule has 1 aromatic carbocycles. The van der Waals surface area contributed by atoms with Crippen molar-refractivity contribution in [3.05, 3.63) is 23.8 Å². The molecule has 0 aliphatic heterocycles. The molecule has 0 aliphatic rings. The van der Waals surface area contributed by atoms with Crippen molar-refractivity contribution in [1.82, 2.24) is 0 Å². The van der Waals surface area contributed by atoms with Crippen LogP contribution in [-0.4, -0.2) is 32.3 Å². The van der Waals surface area contributed by atoms with Crippen LogP contribution in [0.25, 0.3) is 0 Å². The van der Waals surface area contributed by atoms with Crippen molar-refractivity contribution in [3.8, 4) is 0 Å². The van der Waals surface area contributed by atoms with E-state index in [0.29, 0.717) is 30.2 Å². The van der Waals surface area contributed by atoms with Crippen molar-refractivity contribution in [2.45, 2.75) is 32.7 Å². The number of hydrogen-bond acceptors (Lipinski definition) is 5. The summed E-state index contributed by atoms with van der Waals surface area (Å²) < 4.78 is 10.3. The van der Waals surface area contributed by atoms with Gasteiger partial charge in [-0.25, -0.2) is 4.79 Å². The molecule has 3 N–H and O–H groups in total. The molecule has 0 saturated heterocycles. The van der Waals surface area contributed by atoms with Gasteiger partial charge in [-0.2, -0.15) is 0 Å². The number of para-hydroxylation sites is 1. The Kier molecular flexibility index (Phi) is 6.87. The van der Waals surface area contributed by atoms with Gasteiger partial charge in [-0.05, 0) is 25.5 Å². The van der Waals surface area contributed by atoms with Crippen molar-refractivity contribution >= 4 is 17.3 Å². The molecule has 0 saturated carbocycles. The summed E-state index contributed by atoms with van der Waals surface area (Å²) in [5.41, 5.74) is 7.61. The number of nitrogen functional groups attached to an aromatic ring is 1. The third-order valence-electron chi connectivity index (χ3n) is 2.95. The van der Waals surface area contributed by atoms with Gasteiger partial charge in [-0.1, -0.05) is 19.4 Å². The Hall–Kier alpha value is -1.75. The lowest BCUT2D eigenvalue weighted by atomic mass is 10.1. The van der Waals surface area contributed by atoms with E-state index >= 15 is 0 Å². The van der Waals surface area contributed by atoms with Gasteiger partial charge in [0.2, 0.25) is 0 Å². The summed E-state index contributed by atoms with van der Waals surface area (Å²) in [6, 6.07) is 5.34. The number of hydrogen-bond donors (Lipinski definition) is 2. The summed E-state index contributed by atoms with van der Waals surface area (Å²) in [5, 5.41) is 3.31.